The van der Waals surface area contributed by atoms with Crippen LogP contribution in [0, 0.1) is 22.7 Å². The Kier molecular flexibility index (Phi) is 6.41. The van der Waals surface area contributed by atoms with Crippen molar-refractivity contribution >= 4 is 5.91 Å². The molecule has 2 N–H and O–H groups in total. The second-order valence-electron chi connectivity index (χ2n) is 6.11. The van der Waals surface area contributed by atoms with E-state index < -0.39 is 11.5 Å². The van der Waals surface area contributed by atoms with Gasteiger partial charge in [-0.05, 0) is 30.5 Å². The molecule has 0 heterocycles. The molecule has 2 aromatic carbocycles. The molecule has 0 spiro atoms. The lowest BCUT2D eigenvalue weighted by Gasteiger charge is -2.18. The number of carbonyl (C=O) groups excluding carboxylic acids is 1. The van der Waals surface area contributed by atoms with Crippen LogP contribution in [0.15, 0.2) is 30.3 Å². The van der Waals surface area contributed by atoms with Crippen molar-refractivity contribution in [2.75, 3.05) is 13.1 Å². The first-order valence-corrected chi connectivity index (χ1v) is 8.68. The Labute approximate surface area is 158 Å². The molecule has 0 saturated heterocycles. The van der Waals surface area contributed by atoms with Gasteiger partial charge in [0.15, 0.2) is 11.5 Å². The van der Waals surface area contributed by atoms with Crippen LogP contribution in [0.4, 0.5) is 0 Å². The molecule has 2 rings (SSSR count). The number of nitrogens with zero attached hydrogens (tertiary/aromatic N) is 3. The lowest BCUT2D eigenvalue weighted by molar-refractivity contribution is -0.130. The van der Waals surface area contributed by atoms with Gasteiger partial charge in [-0.3, -0.25) is 4.79 Å². The van der Waals surface area contributed by atoms with Crippen LogP contribution in [-0.2, 0) is 17.6 Å². The Morgan fingerprint density at radius 3 is 2.15 bits per heavy atom. The van der Waals surface area contributed by atoms with Crippen LogP contribution in [0.3, 0.4) is 0 Å². The van der Waals surface area contributed by atoms with Crippen molar-refractivity contribution in [3.05, 3.63) is 58.1 Å². The Morgan fingerprint density at radius 1 is 1.04 bits per heavy atom. The van der Waals surface area contributed by atoms with E-state index in [4.69, 9.17) is 0 Å². The predicted octanol–water partition coefficient (Wildman–Crippen LogP) is 2.84. The van der Waals surface area contributed by atoms with Crippen LogP contribution >= 0.6 is 0 Å². The highest BCUT2D eigenvalue weighted by atomic mass is 16.3. The summed E-state index contributed by atoms with van der Waals surface area (Å²) in [6.07, 6.45) is 0.568. The quantitative estimate of drug-likeness (QED) is 0.767. The first-order valence-electron chi connectivity index (χ1n) is 8.68. The second-order valence-corrected chi connectivity index (χ2v) is 6.11. The highest BCUT2D eigenvalue weighted by Crippen LogP contribution is 2.34. The number of rotatable bonds is 6. The highest BCUT2D eigenvalue weighted by Gasteiger charge is 2.18. The van der Waals surface area contributed by atoms with Gasteiger partial charge < -0.3 is 15.1 Å². The van der Waals surface area contributed by atoms with Gasteiger partial charge in [-0.1, -0.05) is 24.3 Å². The fourth-order valence-electron chi connectivity index (χ4n) is 2.94. The van der Waals surface area contributed by atoms with Crippen LogP contribution in [0.2, 0.25) is 0 Å². The summed E-state index contributed by atoms with van der Waals surface area (Å²) in [4.78, 5) is 14.0. The maximum atomic E-state index is 12.2. The average Bonchev–Trinajstić information content (AvgIpc) is 2.67. The Balaban J connectivity index is 2.26. The standard InChI is InChI=1S/C21H21N3O3/c1-3-24(4-2)20(26)10-15-7-5-14(6-8-15)9-17-16(12-22)11-19(25)21(27)18(17)13-23/h5-8,11,25,27H,3-4,9-10H2,1-2H3. The number of carbonyl (C=O) groups is 1. The second kappa shape index (κ2) is 8.73. The summed E-state index contributed by atoms with van der Waals surface area (Å²) < 4.78 is 0. The largest absolute Gasteiger partial charge is 0.504 e. The normalized spacial score (nSPS) is 10.1. The third-order valence-electron chi connectivity index (χ3n) is 4.50. The van der Waals surface area contributed by atoms with Crippen molar-refractivity contribution in [1.82, 2.24) is 4.90 Å². The van der Waals surface area contributed by atoms with Gasteiger partial charge in [0.05, 0.1) is 18.1 Å². The van der Waals surface area contributed by atoms with Gasteiger partial charge in [-0.2, -0.15) is 10.5 Å². The van der Waals surface area contributed by atoms with Crippen molar-refractivity contribution in [1.29, 1.82) is 10.5 Å². The van der Waals surface area contributed by atoms with Gasteiger partial charge in [0.25, 0.3) is 0 Å². The van der Waals surface area contributed by atoms with Crippen molar-refractivity contribution in [2.24, 2.45) is 0 Å². The number of hydrogen-bond acceptors (Lipinski definition) is 5. The minimum atomic E-state index is -0.520. The molecule has 1 amide bonds. The molecule has 0 bridgehead atoms. The maximum Gasteiger partial charge on any atom is 0.226 e. The number of phenolic OH excluding ortho intramolecular Hbond substituents is 2. The Hall–Kier alpha value is -3.51. The molecule has 0 radical (unpaired) electrons. The summed E-state index contributed by atoms with van der Waals surface area (Å²) in [5.41, 5.74) is 2.11. The summed E-state index contributed by atoms with van der Waals surface area (Å²) >= 11 is 0. The van der Waals surface area contributed by atoms with Crippen molar-refractivity contribution < 1.29 is 15.0 Å². The third kappa shape index (κ3) is 4.37. The smallest absolute Gasteiger partial charge is 0.226 e. The Morgan fingerprint density at radius 2 is 1.63 bits per heavy atom. The zero-order valence-corrected chi connectivity index (χ0v) is 15.4. The van der Waals surface area contributed by atoms with Gasteiger partial charge in [-0.25, -0.2) is 0 Å². The number of likely N-dealkylation sites (N-methyl/N-ethyl adjacent to an activating group) is 1. The molecule has 0 atom stereocenters. The minimum Gasteiger partial charge on any atom is -0.504 e. The van der Waals surface area contributed by atoms with E-state index in [0.29, 0.717) is 25.1 Å². The summed E-state index contributed by atoms with van der Waals surface area (Å²) in [6.45, 7) is 5.23. The van der Waals surface area contributed by atoms with E-state index in [1.807, 2.05) is 50.3 Å². The van der Waals surface area contributed by atoms with E-state index in [1.165, 1.54) is 0 Å². The molecule has 0 aliphatic carbocycles. The number of aromatic hydroxyl groups is 2. The average molecular weight is 363 g/mol. The minimum absolute atomic E-state index is 0.0646. The van der Waals surface area contributed by atoms with E-state index >= 15 is 0 Å². The number of benzene rings is 2. The summed E-state index contributed by atoms with van der Waals surface area (Å²) in [5.74, 6) is -0.945. The first kappa shape index (κ1) is 19.8. The number of nitriles is 2. The number of hydrogen-bond donors (Lipinski definition) is 2. The number of amides is 1. The Bertz CT molecular complexity index is 918. The van der Waals surface area contributed by atoms with Crippen LogP contribution in [-0.4, -0.2) is 34.1 Å². The molecule has 138 valence electrons. The molecule has 6 heteroatoms. The molecule has 0 aliphatic rings. The van der Waals surface area contributed by atoms with E-state index in [0.717, 1.165) is 17.2 Å². The SMILES string of the molecule is CCN(CC)C(=O)Cc1ccc(Cc2c(C#N)cc(O)c(O)c2C#N)cc1. The van der Waals surface area contributed by atoms with Crippen molar-refractivity contribution in [2.45, 2.75) is 26.7 Å². The van der Waals surface area contributed by atoms with Crippen LogP contribution in [0.5, 0.6) is 11.5 Å². The van der Waals surface area contributed by atoms with Gasteiger partial charge in [0.1, 0.15) is 11.6 Å². The molecule has 0 fully saturated rings. The first-order chi connectivity index (χ1) is 12.9. The molecule has 0 saturated carbocycles. The van der Waals surface area contributed by atoms with Crippen molar-refractivity contribution in [3.8, 4) is 23.6 Å². The monoisotopic (exact) mass is 363 g/mol. The zero-order chi connectivity index (χ0) is 20.0. The van der Waals surface area contributed by atoms with Gasteiger partial charge in [0, 0.05) is 25.6 Å². The lowest BCUT2D eigenvalue weighted by Crippen LogP contribution is -2.31. The summed E-state index contributed by atoms with van der Waals surface area (Å²) in [6, 6.07) is 12.3. The van der Waals surface area contributed by atoms with Crippen LogP contribution in [0.1, 0.15) is 41.7 Å². The molecule has 0 unspecified atom stereocenters. The molecule has 0 aromatic heterocycles. The van der Waals surface area contributed by atoms with E-state index in [9.17, 15) is 25.5 Å². The molecular weight excluding hydrogens is 342 g/mol. The fraction of sp³-hybridized carbons (Fsp3) is 0.286. The predicted molar refractivity (Wildman–Crippen MR) is 100 cm³/mol. The van der Waals surface area contributed by atoms with Crippen LogP contribution < -0.4 is 0 Å². The maximum absolute atomic E-state index is 12.2. The van der Waals surface area contributed by atoms with Gasteiger partial charge in [-0.15, -0.1) is 0 Å². The lowest BCUT2D eigenvalue weighted by atomic mass is 9.94. The summed E-state index contributed by atoms with van der Waals surface area (Å²) in [5, 5.41) is 38.1. The van der Waals surface area contributed by atoms with Crippen molar-refractivity contribution in [3.63, 3.8) is 0 Å². The van der Waals surface area contributed by atoms with Crippen LogP contribution in [0.25, 0.3) is 0 Å². The highest BCUT2D eigenvalue weighted by molar-refractivity contribution is 5.78. The molecule has 6 nitrogen and oxygen atoms in total. The molecule has 2 aromatic rings. The van der Waals surface area contributed by atoms with E-state index in [2.05, 4.69) is 0 Å². The summed E-state index contributed by atoms with van der Waals surface area (Å²) in [7, 11) is 0. The van der Waals surface area contributed by atoms with E-state index in [-0.39, 0.29) is 23.5 Å². The molecular formula is C21H21N3O3. The number of phenols is 2. The topological polar surface area (TPSA) is 108 Å². The molecule has 0 aliphatic heterocycles. The van der Waals surface area contributed by atoms with Gasteiger partial charge in [0.2, 0.25) is 5.91 Å². The molecule has 27 heavy (non-hydrogen) atoms. The third-order valence-corrected chi connectivity index (χ3v) is 4.50. The van der Waals surface area contributed by atoms with E-state index in [1.54, 1.807) is 4.90 Å². The zero-order valence-electron chi connectivity index (χ0n) is 15.4. The van der Waals surface area contributed by atoms with Gasteiger partial charge >= 0.3 is 0 Å². The fourth-order valence-corrected chi connectivity index (χ4v) is 2.94.